The average molecular weight is 372 g/mol. The van der Waals surface area contributed by atoms with Gasteiger partial charge in [-0.25, -0.2) is 4.39 Å². The molecule has 0 radical (unpaired) electrons. The molecule has 1 fully saturated rings. The van der Waals surface area contributed by atoms with Gasteiger partial charge in [0.25, 0.3) is 0 Å². The Morgan fingerprint density at radius 1 is 1.19 bits per heavy atom. The number of likely N-dealkylation sites (tertiary alicyclic amines) is 1. The standard InChI is InChI=1S/C8H9FO.C7H13NO.C4H10.C2H6O/c1-2-10-8-6-4-3-5-7(8)9;1-7-2-4-8(6-9)5-3-7;1-4(2)3;1-3-2/h3-6H,2H2,1H3;6-7H,2-5H2,1H3;4H,1-3H3;1-2H3. The van der Waals surface area contributed by atoms with E-state index in [1.807, 2.05) is 11.8 Å². The van der Waals surface area contributed by atoms with Crippen LogP contribution in [0, 0.1) is 17.7 Å². The average Bonchev–Trinajstić information content (AvgIpc) is 2.59. The first-order valence-electron chi connectivity index (χ1n) is 9.28. The van der Waals surface area contributed by atoms with Gasteiger partial charge in [0.15, 0.2) is 11.6 Å². The van der Waals surface area contributed by atoms with E-state index in [4.69, 9.17) is 4.74 Å². The van der Waals surface area contributed by atoms with Crippen LogP contribution in [0.25, 0.3) is 0 Å². The predicted octanol–water partition coefficient (Wildman–Crippen LogP) is 5.02. The van der Waals surface area contributed by atoms with Crippen molar-refractivity contribution in [3.05, 3.63) is 30.1 Å². The van der Waals surface area contributed by atoms with E-state index < -0.39 is 0 Å². The minimum Gasteiger partial charge on any atom is -0.491 e. The molecule has 0 aliphatic carbocycles. The molecular weight excluding hydrogens is 333 g/mol. The number of nitrogens with zero attached hydrogens (tertiary/aromatic N) is 1. The quantitative estimate of drug-likeness (QED) is 0.700. The summed E-state index contributed by atoms with van der Waals surface area (Å²) in [6.07, 6.45) is 3.31. The van der Waals surface area contributed by atoms with Crippen molar-refractivity contribution in [2.75, 3.05) is 33.9 Å². The van der Waals surface area contributed by atoms with Gasteiger partial charge in [-0.05, 0) is 43.7 Å². The number of para-hydroxylation sites is 1. The highest BCUT2D eigenvalue weighted by Gasteiger charge is 2.12. The fourth-order valence-corrected chi connectivity index (χ4v) is 1.85. The number of benzene rings is 1. The van der Waals surface area contributed by atoms with Crippen molar-refractivity contribution in [3.8, 4) is 5.75 Å². The van der Waals surface area contributed by atoms with Crippen LogP contribution in [0.3, 0.4) is 0 Å². The first-order chi connectivity index (χ1) is 12.3. The van der Waals surface area contributed by atoms with Gasteiger partial charge in [-0.1, -0.05) is 39.8 Å². The van der Waals surface area contributed by atoms with Crippen molar-refractivity contribution in [1.29, 1.82) is 0 Å². The molecule has 1 saturated heterocycles. The van der Waals surface area contributed by atoms with Gasteiger partial charge in [-0.2, -0.15) is 0 Å². The third kappa shape index (κ3) is 17.2. The first-order valence-corrected chi connectivity index (χ1v) is 9.28. The van der Waals surface area contributed by atoms with Crippen molar-refractivity contribution in [2.45, 2.75) is 47.5 Å². The third-order valence-corrected chi connectivity index (χ3v) is 3.10. The fourth-order valence-electron chi connectivity index (χ4n) is 1.85. The van der Waals surface area contributed by atoms with Gasteiger partial charge in [0.05, 0.1) is 6.61 Å². The Bertz CT molecular complexity index is 430. The number of ether oxygens (including phenoxy) is 2. The molecule has 0 bridgehead atoms. The van der Waals surface area contributed by atoms with Crippen LogP contribution in [0.5, 0.6) is 5.75 Å². The molecule has 1 aromatic rings. The number of amides is 1. The molecule has 1 amide bonds. The number of hydrogen-bond acceptors (Lipinski definition) is 3. The van der Waals surface area contributed by atoms with Gasteiger partial charge in [0.1, 0.15) is 0 Å². The minimum absolute atomic E-state index is 0.302. The van der Waals surface area contributed by atoms with Crippen LogP contribution in [-0.4, -0.2) is 45.2 Å². The number of methoxy groups -OCH3 is 1. The maximum absolute atomic E-state index is 12.7. The van der Waals surface area contributed by atoms with Crippen molar-refractivity contribution in [2.24, 2.45) is 11.8 Å². The maximum Gasteiger partial charge on any atom is 0.209 e. The van der Waals surface area contributed by atoms with E-state index in [2.05, 4.69) is 32.4 Å². The number of carbonyl (C=O) groups is 1. The summed E-state index contributed by atoms with van der Waals surface area (Å²) in [6, 6.07) is 6.37. The van der Waals surface area contributed by atoms with E-state index in [9.17, 15) is 9.18 Å². The van der Waals surface area contributed by atoms with Crippen molar-refractivity contribution in [1.82, 2.24) is 4.90 Å². The Morgan fingerprint density at radius 3 is 2.04 bits per heavy atom. The van der Waals surface area contributed by atoms with E-state index in [-0.39, 0.29) is 5.82 Å². The van der Waals surface area contributed by atoms with E-state index in [1.54, 1.807) is 32.4 Å². The molecule has 0 saturated carbocycles. The molecule has 1 aliphatic rings. The van der Waals surface area contributed by atoms with Crippen LogP contribution in [0.2, 0.25) is 0 Å². The topological polar surface area (TPSA) is 38.8 Å². The molecule has 5 heteroatoms. The Hall–Kier alpha value is -1.62. The van der Waals surface area contributed by atoms with Crippen LogP contribution in [0.4, 0.5) is 4.39 Å². The highest BCUT2D eigenvalue weighted by atomic mass is 19.1. The SMILES string of the molecule is CC(C)C.CC1CCN(C=O)CC1.CCOc1ccccc1F.COC. The van der Waals surface area contributed by atoms with Crippen molar-refractivity contribution >= 4 is 6.41 Å². The second-order valence-corrected chi connectivity index (χ2v) is 6.83. The molecule has 0 aromatic heterocycles. The van der Waals surface area contributed by atoms with E-state index in [1.165, 1.54) is 18.9 Å². The molecule has 1 heterocycles. The largest absolute Gasteiger partial charge is 0.491 e. The van der Waals surface area contributed by atoms with Gasteiger partial charge >= 0.3 is 0 Å². The van der Waals surface area contributed by atoms with Gasteiger partial charge in [-0.3, -0.25) is 4.79 Å². The number of rotatable bonds is 3. The maximum atomic E-state index is 12.7. The Morgan fingerprint density at radius 2 is 1.65 bits per heavy atom. The molecular formula is C21H38FNO3. The zero-order valence-corrected chi connectivity index (χ0v) is 17.6. The summed E-state index contributed by atoms with van der Waals surface area (Å²) in [7, 11) is 3.25. The van der Waals surface area contributed by atoms with Crippen molar-refractivity contribution in [3.63, 3.8) is 0 Å². The van der Waals surface area contributed by atoms with E-state index in [0.29, 0.717) is 12.4 Å². The smallest absolute Gasteiger partial charge is 0.209 e. The summed E-state index contributed by atoms with van der Waals surface area (Å²) in [5.41, 5.74) is 0. The molecule has 152 valence electrons. The van der Waals surface area contributed by atoms with Gasteiger partial charge in [0, 0.05) is 27.3 Å². The molecule has 1 aliphatic heterocycles. The summed E-state index contributed by atoms with van der Waals surface area (Å²) >= 11 is 0. The van der Waals surface area contributed by atoms with Crippen LogP contribution in [0.1, 0.15) is 47.5 Å². The number of piperidine rings is 1. The predicted molar refractivity (Wildman–Crippen MR) is 107 cm³/mol. The van der Waals surface area contributed by atoms with Crippen molar-refractivity contribution < 1.29 is 18.7 Å². The van der Waals surface area contributed by atoms with Crippen LogP contribution in [0.15, 0.2) is 24.3 Å². The first kappa shape index (κ1) is 26.6. The van der Waals surface area contributed by atoms with Crippen LogP contribution < -0.4 is 4.74 Å². The summed E-state index contributed by atoms with van der Waals surface area (Å²) in [5, 5.41) is 0. The van der Waals surface area contributed by atoms with Gasteiger partial charge in [-0.15, -0.1) is 0 Å². The molecule has 26 heavy (non-hydrogen) atoms. The lowest BCUT2D eigenvalue weighted by molar-refractivity contribution is -0.119. The second kappa shape index (κ2) is 18.2. The molecule has 2 rings (SSSR count). The van der Waals surface area contributed by atoms with E-state index >= 15 is 0 Å². The van der Waals surface area contributed by atoms with Crippen LogP contribution in [-0.2, 0) is 9.53 Å². The lowest BCUT2D eigenvalue weighted by Crippen LogP contribution is -2.31. The molecule has 0 spiro atoms. The highest BCUT2D eigenvalue weighted by Crippen LogP contribution is 2.14. The summed E-state index contributed by atoms with van der Waals surface area (Å²) in [6.45, 7) is 13.0. The lowest BCUT2D eigenvalue weighted by atomic mass is 10.00. The normalized spacial score (nSPS) is 13.3. The zero-order chi connectivity index (χ0) is 20.4. The van der Waals surface area contributed by atoms with E-state index in [0.717, 1.165) is 31.3 Å². The van der Waals surface area contributed by atoms with Gasteiger partial charge < -0.3 is 14.4 Å². The van der Waals surface area contributed by atoms with Gasteiger partial charge in [0.2, 0.25) is 6.41 Å². The molecule has 0 N–H and O–H groups in total. The zero-order valence-electron chi connectivity index (χ0n) is 17.6. The third-order valence-electron chi connectivity index (χ3n) is 3.10. The Labute approximate surface area is 159 Å². The summed E-state index contributed by atoms with van der Waals surface area (Å²) < 4.78 is 21.9. The fraction of sp³-hybridized carbons (Fsp3) is 0.667. The lowest BCUT2D eigenvalue weighted by Gasteiger charge is -2.26. The monoisotopic (exact) mass is 371 g/mol. The second-order valence-electron chi connectivity index (χ2n) is 6.83. The molecule has 0 atom stereocenters. The Kier molecular flexibility index (Phi) is 18.6. The number of hydrogen-bond donors (Lipinski definition) is 0. The van der Waals surface area contributed by atoms with Crippen LogP contribution >= 0.6 is 0 Å². The summed E-state index contributed by atoms with van der Waals surface area (Å²) in [4.78, 5) is 12.0. The molecule has 1 aromatic carbocycles. The minimum atomic E-state index is -0.302. The highest BCUT2D eigenvalue weighted by molar-refractivity contribution is 5.47. The summed E-state index contributed by atoms with van der Waals surface area (Å²) in [5.74, 6) is 1.68. The molecule has 4 nitrogen and oxygen atoms in total. The number of carbonyl (C=O) groups excluding carboxylic acids is 1. The Balaban J connectivity index is 0. The number of halogens is 1. The molecule has 0 unspecified atom stereocenters.